The van der Waals surface area contributed by atoms with Gasteiger partial charge in [0.1, 0.15) is 6.61 Å². The van der Waals surface area contributed by atoms with Crippen LogP contribution in [0.4, 0.5) is 5.69 Å². The zero-order chi connectivity index (χ0) is 19.6. The van der Waals surface area contributed by atoms with Gasteiger partial charge < -0.3 is 10.1 Å². The third-order valence-electron chi connectivity index (χ3n) is 4.54. The average molecular weight is 369 g/mol. The molecule has 2 aromatic carbocycles. The van der Waals surface area contributed by atoms with E-state index in [4.69, 9.17) is 4.74 Å². The van der Waals surface area contributed by atoms with Crippen LogP contribution in [-0.4, -0.2) is 36.0 Å². The number of ether oxygens (including phenoxy) is 1. The lowest BCUT2D eigenvalue weighted by Crippen LogP contribution is -2.38. The van der Waals surface area contributed by atoms with E-state index in [-0.39, 0.29) is 12.5 Å². The molecule has 0 radical (unpaired) electrons. The fourth-order valence-electron chi connectivity index (χ4n) is 3.23. The van der Waals surface area contributed by atoms with Crippen molar-refractivity contribution in [3.05, 3.63) is 65.7 Å². The summed E-state index contributed by atoms with van der Waals surface area (Å²) in [5, 5.41) is 2.82. The van der Waals surface area contributed by atoms with Gasteiger partial charge in [0, 0.05) is 24.3 Å². The second-order valence-electron chi connectivity index (χ2n) is 7.40. The highest BCUT2D eigenvalue weighted by atomic mass is 16.5. The fourth-order valence-corrected chi connectivity index (χ4v) is 3.23. The maximum Gasteiger partial charge on any atom is 0.250 e. The van der Waals surface area contributed by atoms with Crippen molar-refractivity contribution in [2.45, 2.75) is 52.8 Å². The maximum absolute atomic E-state index is 11.9. The lowest BCUT2D eigenvalue weighted by molar-refractivity contribution is -0.121. The number of benzene rings is 2. The molecule has 0 aliphatic carbocycles. The second-order valence-corrected chi connectivity index (χ2v) is 7.40. The number of carbonyl (C=O) groups is 1. The second kappa shape index (κ2) is 10.9. The minimum Gasteiger partial charge on any atom is -0.367 e. The van der Waals surface area contributed by atoms with Crippen molar-refractivity contribution in [1.82, 2.24) is 4.90 Å². The van der Waals surface area contributed by atoms with Crippen LogP contribution in [-0.2, 0) is 22.6 Å². The molecule has 0 saturated carbocycles. The normalized spacial score (nSPS) is 11.4. The Hall–Kier alpha value is -2.17. The zero-order valence-electron chi connectivity index (χ0n) is 16.9. The van der Waals surface area contributed by atoms with Crippen LogP contribution in [0.1, 0.15) is 38.8 Å². The largest absolute Gasteiger partial charge is 0.367 e. The molecule has 0 spiro atoms. The highest BCUT2D eigenvalue weighted by Crippen LogP contribution is 2.11. The minimum absolute atomic E-state index is 0.0492. The molecular formula is C23H32N2O2. The van der Waals surface area contributed by atoms with Crippen LogP contribution in [0, 0.1) is 0 Å². The maximum atomic E-state index is 11.9. The lowest BCUT2D eigenvalue weighted by Gasteiger charge is -2.30. The van der Waals surface area contributed by atoms with Crippen molar-refractivity contribution >= 4 is 11.6 Å². The summed E-state index contributed by atoms with van der Waals surface area (Å²) in [6.07, 6.45) is 1.01. The molecule has 0 bridgehead atoms. The quantitative estimate of drug-likeness (QED) is 0.671. The van der Waals surface area contributed by atoms with E-state index in [1.165, 1.54) is 5.56 Å². The molecule has 1 amide bonds. The summed E-state index contributed by atoms with van der Waals surface area (Å²) >= 11 is 0. The Labute approximate surface area is 163 Å². The molecule has 1 N–H and O–H groups in total. The highest BCUT2D eigenvalue weighted by Gasteiger charge is 2.13. The van der Waals surface area contributed by atoms with Crippen LogP contribution in [0.3, 0.4) is 0 Å². The topological polar surface area (TPSA) is 41.6 Å². The molecular weight excluding hydrogens is 336 g/mol. The van der Waals surface area contributed by atoms with Crippen molar-refractivity contribution in [3.8, 4) is 0 Å². The number of hydrogen-bond donors (Lipinski definition) is 1. The number of rotatable bonds is 10. The van der Waals surface area contributed by atoms with E-state index in [1.54, 1.807) is 0 Å². The number of anilines is 1. The number of carbonyl (C=O) groups excluding carboxylic acids is 1. The van der Waals surface area contributed by atoms with Crippen molar-refractivity contribution in [3.63, 3.8) is 0 Å². The van der Waals surface area contributed by atoms with E-state index < -0.39 is 0 Å². The predicted octanol–water partition coefficient (Wildman–Crippen LogP) is 4.50. The van der Waals surface area contributed by atoms with E-state index in [0.717, 1.165) is 24.2 Å². The highest BCUT2D eigenvalue weighted by molar-refractivity contribution is 5.91. The van der Waals surface area contributed by atoms with Crippen LogP contribution in [0.25, 0.3) is 0 Å². The van der Waals surface area contributed by atoms with Gasteiger partial charge >= 0.3 is 0 Å². The molecule has 4 nitrogen and oxygen atoms in total. The van der Waals surface area contributed by atoms with E-state index in [1.807, 2.05) is 36.4 Å². The van der Waals surface area contributed by atoms with Crippen LogP contribution >= 0.6 is 0 Å². The summed E-state index contributed by atoms with van der Waals surface area (Å²) in [6.45, 7) is 10.5. The Morgan fingerprint density at radius 1 is 0.963 bits per heavy atom. The van der Waals surface area contributed by atoms with E-state index in [0.29, 0.717) is 18.7 Å². The van der Waals surface area contributed by atoms with E-state index in [9.17, 15) is 4.79 Å². The summed E-state index contributed by atoms with van der Waals surface area (Å²) in [4.78, 5) is 14.4. The third-order valence-corrected chi connectivity index (χ3v) is 4.54. The molecule has 2 rings (SSSR count). The van der Waals surface area contributed by atoms with Crippen LogP contribution in [0.15, 0.2) is 54.6 Å². The minimum atomic E-state index is -0.137. The van der Waals surface area contributed by atoms with Crippen LogP contribution in [0.5, 0.6) is 0 Å². The van der Waals surface area contributed by atoms with Crippen molar-refractivity contribution < 1.29 is 9.53 Å². The summed E-state index contributed by atoms with van der Waals surface area (Å²) in [6, 6.07) is 18.9. The molecule has 0 unspecified atom stereocenters. The van der Waals surface area contributed by atoms with E-state index in [2.05, 4.69) is 56.1 Å². The first-order chi connectivity index (χ1) is 13.0. The number of para-hydroxylation sites is 1. The first-order valence-corrected chi connectivity index (χ1v) is 9.72. The lowest BCUT2D eigenvalue weighted by atomic mass is 10.1. The Balaban J connectivity index is 1.79. The molecule has 0 atom stereocenters. The number of nitrogens with one attached hydrogen (secondary N) is 1. The predicted molar refractivity (Wildman–Crippen MR) is 112 cm³/mol. The SMILES string of the molecule is CC(C)N(CCc1cccc(COCC(=O)Nc2ccccc2)c1)C(C)C. The van der Waals surface area contributed by atoms with Gasteiger partial charge in [-0.25, -0.2) is 0 Å². The number of amides is 1. The molecule has 0 heterocycles. The van der Waals surface area contributed by atoms with Crippen LogP contribution in [0.2, 0.25) is 0 Å². The number of hydrogen-bond acceptors (Lipinski definition) is 3. The standard InChI is InChI=1S/C23H32N2O2/c1-18(2)25(19(3)4)14-13-20-9-8-10-21(15-20)16-27-17-23(26)24-22-11-6-5-7-12-22/h5-12,15,18-19H,13-14,16-17H2,1-4H3,(H,24,26). The van der Waals surface area contributed by atoms with E-state index >= 15 is 0 Å². The average Bonchev–Trinajstić information content (AvgIpc) is 2.62. The van der Waals surface area contributed by atoms with Gasteiger partial charge in [-0.2, -0.15) is 0 Å². The smallest absolute Gasteiger partial charge is 0.250 e. The van der Waals surface area contributed by atoms with Gasteiger partial charge in [-0.15, -0.1) is 0 Å². The summed E-state index contributed by atoms with van der Waals surface area (Å²) in [7, 11) is 0. The van der Waals surface area contributed by atoms with Gasteiger partial charge in [0.25, 0.3) is 0 Å². The first kappa shape index (κ1) is 21.1. The summed E-state index contributed by atoms with van der Waals surface area (Å²) in [5.41, 5.74) is 3.18. The van der Waals surface area contributed by atoms with Crippen molar-refractivity contribution in [2.24, 2.45) is 0 Å². The molecule has 146 valence electrons. The molecule has 0 saturated heterocycles. The Morgan fingerprint density at radius 3 is 2.30 bits per heavy atom. The Kier molecular flexibility index (Phi) is 8.49. The molecule has 0 aromatic heterocycles. The fraction of sp³-hybridized carbons (Fsp3) is 0.435. The van der Waals surface area contributed by atoms with Crippen LogP contribution < -0.4 is 5.32 Å². The first-order valence-electron chi connectivity index (χ1n) is 9.72. The molecule has 0 fully saturated rings. The monoisotopic (exact) mass is 368 g/mol. The van der Waals surface area contributed by atoms with Gasteiger partial charge in [0.2, 0.25) is 5.91 Å². The van der Waals surface area contributed by atoms with Crippen molar-refractivity contribution in [2.75, 3.05) is 18.5 Å². The van der Waals surface area contributed by atoms with Crippen molar-refractivity contribution in [1.29, 1.82) is 0 Å². The van der Waals surface area contributed by atoms with Gasteiger partial charge in [-0.1, -0.05) is 42.5 Å². The van der Waals surface area contributed by atoms with Gasteiger partial charge in [0.15, 0.2) is 0 Å². The third kappa shape index (κ3) is 7.53. The van der Waals surface area contributed by atoms with Gasteiger partial charge in [0.05, 0.1) is 6.61 Å². The zero-order valence-corrected chi connectivity index (χ0v) is 16.9. The molecule has 0 aliphatic heterocycles. The molecule has 27 heavy (non-hydrogen) atoms. The molecule has 4 heteroatoms. The molecule has 0 aliphatic rings. The summed E-state index contributed by atoms with van der Waals surface area (Å²) < 4.78 is 5.59. The Morgan fingerprint density at radius 2 is 1.63 bits per heavy atom. The number of nitrogens with zero attached hydrogens (tertiary/aromatic N) is 1. The van der Waals surface area contributed by atoms with Gasteiger partial charge in [-0.05, 0) is 57.4 Å². The summed E-state index contributed by atoms with van der Waals surface area (Å²) in [5.74, 6) is -0.137. The Bertz CT molecular complexity index is 691. The van der Waals surface area contributed by atoms with Gasteiger partial charge in [-0.3, -0.25) is 9.69 Å². The molecule has 2 aromatic rings.